The highest BCUT2D eigenvalue weighted by molar-refractivity contribution is 7.81. The van der Waals surface area contributed by atoms with Crippen molar-refractivity contribution in [2.24, 2.45) is 7.05 Å². The van der Waals surface area contributed by atoms with Gasteiger partial charge in [0.1, 0.15) is 5.82 Å². The SMILES string of the molecule is CN(C)c1ccc2c(n1)n(C1CCN(CC(O)Cn3nc(-c4ccc(C(F)(F)F)cc4)c4c3CCN(S(C)=O)C4)CC1)c(=O)n2C. The van der Waals surface area contributed by atoms with Crippen molar-refractivity contribution in [2.45, 2.75) is 50.7 Å². The van der Waals surface area contributed by atoms with Gasteiger partial charge in [-0.25, -0.2) is 18.3 Å². The molecule has 2 aliphatic rings. The van der Waals surface area contributed by atoms with E-state index in [0.717, 1.165) is 47.6 Å². The van der Waals surface area contributed by atoms with Gasteiger partial charge in [0, 0.05) is 89.4 Å². The Balaban J connectivity index is 1.16. The lowest BCUT2D eigenvalue weighted by atomic mass is 10.0. The van der Waals surface area contributed by atoms with Crippen LogP contribution in [0.4, 0.5) is 19.0 Å². The molecule has 1 N–H and O–H groups in total. The number of imidazole rings is 1. The maximum atomic E-state index is 13.2. The van der Waals surface area contributed by atoms with Crippen molar-refractivity contribution in [3.05, 3.63) is 63.7 Å². The number of aryl methyl sites for hydroxylation is 1. The smallest absolute Gasteiger partial charge is 0.390 e. The van der Waals surface area contributed by atoms with Gasteiger partial charge < -0.3 is 14.9 Å². The first-order valence-electron chi connectivity index (χ1n) is 15.3. The standard InChI is InChI=1S/C31H39F3N8O3S/c1-37(2)27-10-9-26-29(35-27)42(30(44)38(26)3)22-11-14-39(15-12-22)17-23(43)18-41-25-13-16-40(46(4)45)19-24(25)28(36-41)20-5-7-21(8-6-20)31(32,33)34/h5-10,22-23,43H,11-19H2,1-4H3. The van der Waals surface area contributed by atoms with E-state index < -0.39 is 28.8 Å². The topological polar surface area (TPSA) is 105 Å². The van der Waals surface area contributed by atoms with Crippen LogP contribution in [0, 0.1) is 0 Å². The van der Waals surface area contributed by atoms with Gasteiger partial charge in [-0.1, -0.05) is 12.1 Å². The summed E-state index contributed by atoms with van der Waals surface area (Å²) >= 11 is 0. The molecule has 1 aromatic carbocycles. The van der Waals surface area contributed by atoms with Gasteiger partial charge >= 0.3 is 11.9 Å². The maximum Gasteiger partial charge on any atom is 0.416 e. The van der Waals surface area contributed by atoms with E-state index in [9.17, 15) is 27.3 Å². The molecule has 2 unspecified atom stereocenters. The maximum absolute atomic E-state index is 13.2. The van der Waals surface area contributed by atoms with Crippen LogP contribution < -0.4 is 10.6 Å². The third-order valence-electron chi connectivity index (χ3n) is 9.10. The fraction of sp³-hybridized carbons (Fsp3) is 0.516. The van der Waals surface area contributed by atoms with E-state index in [1.54, 1.807) is 26.9 Å². The van der Waals surface area contributed by atoms with E-state index in [1.165, 1.54) is 12.1 Å². The second-order valence-corrected chi connectivity index (χ2v) is 13.7. The minimum Gasteiger partial charge on any atom is -0.390 e. The first kappa shape index (κ1) is 32.4. The molecule has 4 aromatic rings. The molecule has 15 heteroatoms. The van der Waals surface area contributed by atoms with Crippen LogP contribution in [0.25, 0.3) is 22.4 Å². The van der Waals surface area contributed by atoms with Crippen molar-refractivity contribution < 1.29 is 22.5 Å². The number of anilines is 1. The number of halogens is 3. The second kappa shape index (κ2) is 12.6. The third-order valence-corrected chi connectivity index (χ3v) is 10.1. The molecule has 0 saturated carbocycles. The molecule has 2 atom stereocenters. The Hall–Kier alpha value is -3.53. The predicted octanol–water partition coefficient (Wildman–Crippen LogP) is 3.03. The number of benzene rings is 1. The number of nitrogens with zero attached hydrogens (tertiary/aromatic N) is 8. The van der Waals surface area contributed by atoms with Gasteiger partial charge in [-0.3, -0.25) is 13.8 Å². The number of alkyl halides is 3. The molecule has 2 aliphatic heterocycles. The summed E-state index contributed by atoms with van der Waals surface area (Å²) in [5.41, 5.74) is 3.44. The lowest BCUT2D eigenvalue weighted by Gasteiger charge is -2.33. The number of aliphatic hydroxyl groups is 1. The Morgan fingerprint density at radius 2 is 1.76 bits per heavy atom. The number of hydrogen-bond donors (Lipinski definition) is 1. The van der Waals surface area contributed by atoms with Crippen LogP contribution in [0.5, 0.6) is 0 Å². The summed E-state index contributed by atoms with van der Waals surface area (Å²) in [6, 6.07) is 8.73. The van der Waals surface area contributed by atoms with Crippen LogP contribution in [0.3, 0.4) is 0 Å². The summed E-state index contributed by atoms with van der Waals surface area (Å²) in [6.07, 6.45) is -1.55. The largest absolute Gasteiger partial charge is 0.416 e. The van der Waals surface area contributed by atoms with Crippen molar-refractivity contribution in [2.75, 3.05) is 51.4 Å². The summed E-state index contributed by atoms with van der Waals surface area (Å²) < 4.78 is 58.9. The van der Waals surface area contributed by atoms with Crippen molar-refractivity contribution in [1.82, 2.24) is 33.1 Å². The molecule has 5 heterocycles. The van der Waals surface area contributed by atoms with Crippen LogP contribution in [-0.4, -0.2) is 95.1 Å². The Labute approximate surface area is 267 Å². The molecule has 0 aliphatic carbocycles. The lowest BCUT2D eigenvalue weighted by Crippen LogP contribution is -2.42. The van der Waals surface area contributed by atoms with E-state index >= 15 is 0 Å². The Morgan fingerprint density at radius 3 is 2.39 bits per heavy atom. The molecule has 0 amide bonds. The fourth-order valence-electron chi connectivity index (χ4n) is 6.60. The number of fused-ring (bicyclic) bond motifs is 2. The predicted molar refractivity (Wildman–Crippen MR) is 171 cm³/mol. The molecule has 0 bridgehead atoms. The van der Waals surface area contributed by atoms with Crippen LogP contribution in [0.15, 0.2) is 41.2 Å². The number of aromatic nitrogens is 5. The molecule has 0 radical (unpaired) electrons. The van der Waals surface area contributed by atoms with Crippen LogP contribution in [-0.2, 0) is 43.7 Å². The van der Waals surface area contributed by atoms with E-state index in [4.69, 9.17) is 10.1 Å². The number of rotatable bonds is 8. The van der Waals surface area contributed by atoms with Crippen LogP contribution in [0.2, 0.25) is 0 Å². The summed E-state index contributed by atoms with van der Waals surface area (Å²) in [4.78, 5) is 22.1. The Morgan fingerprint density at radius 1 is 1.07 bits per heavy atom. The van der Waals surface area contributed by atoms with Gasteiger partial charge in [0.15, 0.2) is 5.65 Å². The molecule has 248 valence electrons. The van der Waals surface area contributed by atoms with Gasteiger partial charge in [-0.05, 0) is 37.1 Å². The molecule has 11 nitrogen and oxygen atoms in total. The number of aliphatic hydroxyl groups excluding tert-OH is 1. The molecule has 1 fully saturated rings. The number of hydrogen-bond acceptors (Lipinski definition) is 7. The highest BCUT2D eigenvalue weighted by Crippen LogP contribution is 2.34. The van der Waals surface area contributed by atoms with Crippen molar-refractivity contribution >= 4 is 28.0 Å². The van der Waals surface area contributed by atoms with Gasteiger partial charge in [0.2, 0.25) is 0 Å². The summed E-state index contributed by atoms with van der Waals surface area (Å²) in [6.45, 7) is 2.94. The quantitative estimate of drug-likeness (QED) is 0.310. The highest BCUT2D eigenvalue weighted by Gasteiger charge is 2.32. The Bertz CT molecular complexity index is 1810. The summed E-state index contributed by atoms with van der Waals surface area (Å²) in [5.74, 6) is 0.783. The average Bonchev–Trinajstić information content (AvgIpc) is 3.50. The van der Waals surface area contributed by atoms with Gasteiger partial charge in [-0.2, -0.15) is 18.3 Å². The number of pyridine rings is 1. The van der Waals surface area contributed by atoms with Crippen molar-refractivity contribution in [3.63, 3.8) is 0 Å². The second-order valence-electron chi connectivity index (χ2n) is 12.4. The normalized spacial score (nSPS) is 18.2. The summed E-state index contributed by atoms with van der Waals surface area (Å²) in [7, 11) is 4.39. The molecule has 3 aromatic heterocycles. The van der Waals surface area contributed by atoms with Crippen LogP contribution in [0.1, 0.15) is 35.7 Å². The monoisotopic (exact) mass is 660 g/mol. The zero-order valence-electron chi connectivity index (χ0n) is 26.4. The first-order chi connectivity index (χ1) is 21.8. The van der Waals surface area contributed by atoms with Crippen LogP contribution >= 0.6 is 0 Å². The molecular weight excluding hydrogens is 621 g/mol. The third kappa shape index (κ3) is 6.25. The fourth-order valence-corrected chi connectivity index (χ4v) is 7.26. The first-order valence-corrected chi connectivity index (χ1v) is 16.8. The Kier molecular flexibility index (Phi) is 8.87. The molecular formula is C31H39F3N8O3S. The van der Waals surface area contributed by atoms with Crippen molar-refractivity contribution in [1.29, 1.82) is 0 Å². The van der Waals surface area contributed by atoms with E-state index in [-0.39, 0.29) is 18.3 Å². The number of β-amino-alcohol motifs (C(OH)–C–C–N with tert-alkyl or cyclic N) is 1. The minimum atomic E-state index is -4.44. The average molecular weight is 661 g/mol. The zero-order chi connectivity index (χ0) is 32.9. The number of likely N-dealkylation sites (tertiary alicyclic amines) is 1. The van der Waals surface area contributed by atoms with E-state index in [1.807, 2.05) is 35.7 Å². The van der Waals surface area contributed by atoms with Gasteiger partial charge in [-0.15, -0.1) is 0 Å². The lowest BCUT2D eigenvalue weighted by molar-refractivity contribution is -0.137. The zero-order valence-corrected chi connectivity index (χ0v) is 27.2. The highest BCUT2D eigenvalue weighted by atomic mass is 32.2. The molecule has 1 saturated heterocycles. The summed E-state index contributed by atoms with van der Waals surface area (Å²) in [5, 5.41) is 16.0. The van der Waals surface area contributed by atoms with Gasteiger partial charge in [0.05, 0.1) is 40.4 Å². The minimum absolute atomic E-state index is 0.00834. The van der Waals surface area contributed by atoms with E-state index in [2.05, 4.69) is 4.90 Å². The molecule has 6 rings (SSSR count). The van der Waals surface area contributed by atoms with Crippen molar-refractivity contribution in [3.8, 4) is 11.3 Å². The molecule has 46 heavy (non-hydrogen) atoms. The van der Waals surface area contributed by atoms with Gasteiger partial charge in [0.25, 0.3) is 0 Å². The number of piperidine rings is 1. The molecule has 0 spiro atoms. The van der Waals surface area contributed by atoms with E-state index in [0.29, 0.717) is 56.0 Å².